The number of nitrogens with one attached hydrogen (secondary N) is 2. The molecule has 8 heteroatoms. The molecule has 0 radical (unpaired) electrons. The summed E-state index contributed by atoms with van der Waals surface area (Å²) in [5.74, 6) is -1.73. The molecule has 0 spiro atoms. The molecule has 0 aliphatic rings. The summed E-state index contributed by atoms with van der Waals surface area (Å²) in [6.07, 6.45) is 2.54. The maximum atomic E-state index is 12.6. The lowest BCUT2D eigenvalue weighted by Crippen LogP contribution is -2.33. The number of carbonyl (C=O) groups excluding carboxylic acids is 3. The summed E-state index contributed by atoms with van der Waals surface area (Å²) in [5.41, 5.74) is 8.43. The van der Waals surface area contributed by atoms with Gasteiger partial charge in [-0.3, -0.25) is 14.4 Å². The van der Waals surface area contributed by atoms with E-state index in [-0.39, 0.29) is 17.7 Å². The number of hydrogen-bond acceptors (Lipinski definition) is 4. The van der Waals surface area contributed by atoms with Crippen LogP contribution in [0.3, 0.4) is 0 Å². The normalized spacial score (nSPS) is 10.9. The average molecular weight is 407 g/mol. The van der Waals surface area contributed by atoms with E-state index < -0.39 is 17.7 Å². The number of nitriles is 1. The van der Waals surface area contributed by atoms with E-state index in [1.165, 1.54) is 12.1 Å². The van der Waals surface area contributed by atoms with Crippen LogP contribution in [0.4, 0.5) is 5.69 Å². The van der Waals surface area contributed by atoms with E-state index in [1.54, 1.807) is 18.2 Å². The van der Waals surface area contributed by atoms with Crippen LogP contribution in [0.5, 0.6) is 0 Å². The molecule has 1 aromatic heterocycles. The van der Waals surface area contributed by atoms with Crippen molar-refractivity contribution >= 4 is 29.5 Å². The maximum Gasteiger partial charge on any atom is 0.266 e. The summed E-state index contributed by atoms with van der Waals surface area (Å²) < 4.78 is 2.15. The van der Waals surface area contributed by atoms with Crippen LogP contribution in [0.2, 0.25) is 0 Å². The lowest BCUT2D eigenvalue weighted by molar-refractivity contribution is -0.117. The Morgan fingerprint density at radius 3 is 2.60 bits per heavy atom. The summed E-state index contributed by atoms with van der Waals surface area (Å²) in [4.78, 5) is 35.4. The zero-order valence-corrected chi connectivity index (χ0v) is 17.3. The summed E-state index contributed by atoms with van der Waals surface area (Å²) in [5, 5.41) is 14.5. The van der Waals surface area contributed by atoms with Crippen LogP contribution in [-0.4, -0.2) is 28.8 Å². The SMILES string of the molecule is CCCn1c(C)cc(/C=C(\C#N)C(=O)Nc2cccc(C(=O)NCC(N)=O)c2)c1C. The molecule has 4 N–H and O–H groups in total. The van der Waals surface area contributed by atoms with Crippen LogP contribution in [0.1, 0.15) is 40.7 Å². The number of aryl methyl sites for hydroxylation is 1. The van der Waals surface area contributed by atoms with Crippen molar-refractivity contribution in [2.45, 2.75) is 33.7 Å². The molecule has 2 rings (SSSR count). The lowest BCUT2D eigenvalue weighted by Gasteiger charge is -2.08. The second-order valence-corrected chi connectivity index (χ2v) is 6.83. The number of nitrogens with zero attached hydrogens (tertiary/aromatic N) is 2. The molecule has 156 valence electrons. The standard InChI is InChI=1S/C22H25N5O3/c1-4-8-27-14(2)9-17(15(27)3)10-18(12-23)22(30)26-19-7-5-6-16(11-19)21(29)25-13-20(24)28/h5-7,9-11H,4,8,13H2,1-3H3,(H2,24,28)(H,25,29)(H,26,30)/b18-10+. The van der Waals surface area contributed by atoms with Gasteiger partial charge in [-0.1, -0.05) is 13.0 Å². The predicted octanol–water partition coefficient (Wildman–Crippen LogP) is 2.28. The number of primary amides is 1. The number of nitrogens with two attached hydrogens (primary N) is 1. The van der Waals surface area contributed by atoms with Gasteiger partial charge in [0.1, 0.15) is 11.6 Å². The Labute approximate surface area is 175 Å². The molecule has 0 atom stereocenters. The fourth-order valence-corrected chi connectivity index (χ4v) is 3.05. The van der Waals surface area contributed by atoms with Crippen molar-refractivity contribution in [2.75, 3.05) is 11.9 Å². The van der Waals surface area contributed by atoms with Crippen LogP contribution < -0.4 is 16.4 Å². The number of aromatic nitrogens is 1. The third-order valence-corrected chi connectivity index (χ3v) is 4.53. The van der Waals surface area contributed by atoms with Gasteiger partial charge in [0.05, 0.1) is 6.54 Å². The van der Waals surface area contributed by atoms with Gasteiger partial charge in [0.2, 0.25) is 5.91 Å². The fraction of sp³-hybridized carbons (Fsp3) is 0.273. The van der Waals surface area contributed by atoms with Gasteiger partial charge >= 0.3 is 0 Å². The van der Waals surface area contributed by atoms with Gasteiger partial charge in [-0.25, -0.2) is 0 Å². The first kappa shape index (κ1) is 22.4. The van der Waals surface area contributed by atoms with E-state index in [4.69, 9.17) is 5.73 Å². The van der Waals surface area contributed by atoms with E-state index in [1.807, 2.05) is 26.0 Å². The Bertz CT molecular complexity index is 1040. The first-order valence-electron chi connectivity index (χ1n) is 9.53. The van der Waals surface area contributed by atoms with E-state index in [0.29, 0.717) is 5.69 Å². The molecule has 0 saturated heterocycles. The van der Waals surface area contributed by atoms with Crippen molar-refractivity contribution < 1.29 is 14.4 Å². The van der Waals surface area contributed by atoms with Crippen molar-refractivity contribution in [3.63, 3.8) is 0 Å². The zero-order chi connectivity index (χ0) is 22.3. The van der Waals surface area contributed by atoms with E-state index >= 15 is 0 Å². The molecule has 2 aromatic rings. The molecule has 1 heterocycles. The summed E-state index contributed by atoms with van der Waals surface area (Å²) >= 11 is 0. The molecule has 0 saturated carbocycles. The average Bonchev–Trinajstić information content (AvgIpc) is 2.97. The van der Waals surface area contributed by atoms with Crippen LogP contribution >= 0.6 is 0 Å². The molecular weight excluding hydrogens is 382 g/mol. The van der Waals surface area contributed by atoms with Gasteiger partial charge in [-0.05, 0) is 56.2 Å². The molecule has 0 fully saturated rings. The Hall–Kier alpha value is -3.86. The molecule has 0 aliphatic carbocycles. The Morgan fingerprint density at radius 2 is 1.97 bits per heavy atom. The molecule has 3 amide bonds. The monoisotopic (exact) mass is 407 g/mol. The van der Waals surface area contributed by atoms with Crippen molar-refractivity contribution in [1.29, 1.82) is 5.26 Å². The van der Waals surface area contributed by atoms with E-state index in [2.05, 4.69) is 22.1 Å². The van der Waals surface area contributed by atoms with Crippen LogP contribution in [0.15, 0.2) is 35.9 Å². The molecule has 30 heavy (non-hydrogen) atoms. The second-order valence-electron chi connectivity index (χ2n) is 6.83. The van der Waals surface area contributed by atoms with Gasteiger partial charge in [0, 0.05) is 29.2 Å². The van der Waals surface area contributed by atoms with Crippen LogP contribution in [0, 0.1) is 25.2 Å². The van der Waals surface area contributed by atoms with Crippen molar-refractivity contribution in [1.82, 2.24) is 9.88 Å². The highest BCUT2D eigenvalue weighted by molar-refractivity contribution is 6.10. The topological polar surface area (TPSA) is 130 Å². The predicted molar refractivity (Wildman–Crippen MR) is 114 cm³/mol. The number of carbonyl (C=O) groups is 3. The van der Waals surface area contributed by atoms with E-state index in [9.17, 15) is 19.6 Å². The number of rotatable bonds is 8. The molecule has 8 nitrogen and oxygen atoms in total. The summed E-state index contributed by atoms with van der Waals surface area (Å²) in [6, 6.07) is 10.1. The van der Waals surface area contributed by atoms with Gasteiger partial charge < -0.3 is 20.9 Å². The highest BCUT2D eigenvalue weighted by atomic mass is 16.2. The van der Waals surface area contributed by atoms with Crippen LogP contribution in [-0.2, 0) is 16.1 Å². The van der Waals surface area contributed by atoms with Crippen molar-refractivity contribution in [2.24, 2.45) is 5.73 Å². The number of amides is 3. The zero-order valence-electron chi connectivity index (χ0n) is 17.3. The van der Waals surface area contributed by atoms with Gasteiger partial charge in [-0.2, -0.15) is 5.26 Å². The lowest BCUT2D eigenvalue weighted by atomic mass is 10.1. The Morgan fingerprint density at radius 1 is 1.23 bits per heavy atom. The van der Waals surface area contributed by atoms with Crippen molar-refractivity contribution in [3.05, 3.63) is 58.4 Å². The third kappa shape index (κ3) is 5.58. The second kappa shape index (κ2) is 10.1. The minimum absolute atomic E-state index is 0.0460. The smallest absolute Gasteiger partial charge is 0.266 e. The molecule has 1 aromatic carbocycles. The molecule has 0 bridgehead atoms. The molecular formula is C22H25N5O3. The van der Waals surface area contributed by atoms with E-state index in [0.717, 1.165) is 29.9 Å². The molecule has 0 aliphatic heterocycles. The summed E-state index contributed by atoms with van der Waals surface area (Å²) in [6.45, 7) is 6.61. The number of hydrogen-bond donors (Lipinski definition) is 3. The number of benzene rings is 1. The quantitative estimate of drug-likeness (QED) is 0.458. The fourth-order valence-electron chi connectivity index (χ4n) is 3.05. The van der Waals surface area contributed by atoms with Gasteiger partial charge in [0.25, 0.3) is 11.8 Å². The minimum Gasteiger partial charge on any atom is -0.368 e. The number of anilines is 1. The maximum absolute atomic E-state index is 12.6. The highest BCUT2D eigenvalue weighted by Crippen LogP contribution is 2.19. The first-order valence-corrected chi connectivity index (χ1v) is 9.53. The molecule has 0 unspecified atom stereocenters. The first-order chi connectivity index (χ1) is 14.3. The highest BCUT2D eigenvalue weighted by Gasteiger charge is 2.14. The third-order valence-electron chi connectivity index (χ3n) is 4.53. The largest absolute Gasteiger partial charge is 0.368 e. The Balaban J connectivity index is 2.20. The van der Waals surface area contributed by atoms with Gasteiger partial charge in [-0.15, -0.1) is 0 Å². The minimum atomic E-state index is -0.657. The van der Waals surface area contributed by atoms with Crippen molar-refractivity contribution in [3.8, 4) is 6.07 Å². The summed E-state index contributed by atoms with van der Waals surface area (Å²) in [7, 11) is 0. The van der Waals surface area contributed by atoms with Gasteiger partial charge in [0.15, 0.2) is 0 Å². The van der Waals surface area contributed by atoms with Crippen LogP contribution in [0.25, 0.3) is 6.08 Å². The Kier molecular flexibility index (Phi) is 7.53.